The maximum Gasteiger partial charge on any atom is 0.167 e. The summed E-state index contributed by atoms with van der Waals surface area (Å²) in [5, 5.41) is 0. The molecule has 1 unspecified atom stereocenters. The lowest BCUT2D eigenvalue weighted by Gasteiger charge is -2.13. The molecule has 0 N–H and O–H groups in total. The molecule has 0 saturated heterocycles. The molecule has 1 radical (unpaired) electrons. The Morgan fingerprint density at radius 3 is 2.71 bits per heavy atom. The highest BCUT2D eigenvalue weighted by atomic mass is 19.1. The van der Waals surface area contributed by atoms with Crippen LogP contribution in [0.5, 0.6) is 5.75 Å². The first-order chi connectivity index (χ1) is 6.63. The molecule has 0 amide bonds. The summed E-state index contributed by atoms with van der Waals surface area (Å²) in [6.07, 6.45) is 2.59. The van der Waals surface area contributed by atoms with Gasteiger partial charge in [-0.25, -0.2) is 8.78 Å². The Morgan fingerprint density at radius 2 is 2.14 bits per heavy atom. The predicted molar refractivity (Wildman–Crippen MR) is 51.0 cm³/mol. The van der Waals surface area contributed by atoms with Gasteiger partial charge in [-0.3, -0.25) is 0 Å². The number of hydrogen-bond donors (Lipinski definition) is 0. The van der Waals surface area contributed by atoms with Crippen molar-refractivity contribution in [1.82, 2.24) is 0 Å². The number of hydrogen-bond acceptors (Lipinski definition) is 1. The van der Waals surface area contributed by atoms with Crippen LogP contribution in [-0.4, -0.2) is 6.10 Å². The molecule has 0 heterocycles. The molecule has 0 bridgehead atoms. The lowest BCUT2D eigenvalue weighted by molar-refractivity contribution is 0.238. The van der Waals surface area contributed by atoms with E-state index >= 15 is 0 Å². The van der Waals surface area contributed by atoms with Gasteiger partial charge in [0.2, 0.25) is 0 Å². The van der Waals surface area contributed by atoms with E-state index < -0.39 is 11.6 Å². The van der Waals surface area contributed by atoms with Gasteiger partial charge in [0.1, 0.15) is 5.82 Å². The van der Waals surface area contributed by atoms with E-state index in [-0.39, 0.29) is 11.9 Å². The monoisotopic (exact) mass is 199 g/mol. The van der Waals surface area contributed by atoms with E-state index in [1.54, 1.807) is 0 Å². The van der Waals surface area contributed by atoms with Crippen LogP contribution < -0.4 is 4.74 Å². The van der Waals surface area contributed by atoms with E-state index in [1.165, 1.54) is 12.1 Å². The lowest BCUT2D eigenvalue weighted by Crippen LogP contribution is -2.12. The van der Waals surface area contributed by atoms with Crippen molar-refractivity contribution in [3.63, 3.8) is 0 Å². The summed E-state index contributed by atoms with van der Waals surface area (Å²) in [4.78, 5) is 0. The minimum absolute atomic E-state index is 0.0867. The average molecular weight is 199 g/mol. The maximum absolute atomic E-state index is 13.1. The molecule has 3 heteroatoms. The molecule has 14 heavy (non-hydrogen) atoms. The van der Waals surface area contributed by atoms with Gasteiger partial charge in [0.15, 0.2) is 11.6 Å². The summed E-state index contributed by atoms with van der Waals surface area (Å²) in [5.74, 6) is -1.17. The van der Waals surface area contributed by atoms with E-state index in [0.29, 0.717) is 0 Å². The van der Waals surface area contributed by atoms with Gasteiger partial charge >= 0.3 is 0 Å². The number of rotatable bonds is 4. The zero-order valence-corrected chi connectivity index (χ0v) is 8.26. The SMILES string of the molecule is CC[CH]C(C)Oc1ccc(F)cc1F. The summed E-state index contributed by atoms with van der Waals surface area (Å²) < 4.78 is 30.8. The van der Waals surface area contributed by atoms with Gasteiger partial charge in [0.25, 0.3) is 0 Å². The Bertz CT molecular complexity index is 299. The predicted octanol–water partition coefficient (Wildman–Crippen LogP) is 3.35. The smallest absolute Gasteiger partial charge is 0.167 e. The van der Waals surface area contributed by atoms with Crippen molar-refractivity contribution >= 4 is 0 Å². The van der Waals surface area contributed by atoms with Crippen LogP contribution in [0.25, 0.3) is 0 Å². The van der Waals surface area contributed by atoms with Crippen LogP contribution in [0.4, 0.5) is 8.78 Å². The van der Waals surface area contributed by atoms with Gasteiger partial charge in [-0.05, 0) is 25.5 Å². The Morgan fingerprint density at radius 1 is 1.43 bits per heavy atom. The van der Waals surface area contributed by atoms with Crippen molar-refractivity contribution in [1.29, 1.82) is 0 Å². The molecule has 0 aliphatic carbocycles. The second kappa shape index (κ2) is 4.94. The fourth-order valence-corrected chi connectivity index (χ4v) is 1.15. The highest BCUT2D eigenvalue weighted by Gasteiger charge is 2.08. The second-order valence-electron chi connectivity index (χ2n) is 3.04. The van der Waals surface area contributed by atoms with Crippen molar-refractivity contribution in [3.8, 4) is 5.75 Å². The molecule has 1 aromatic rings. The largest absolute Gasteiger partial charge is 0.487 e. The van der Waals surface area contributed by atoms with E-state index in [4.69, 9.17) is 4.74 Å². The third-order valence-corrected chi connectivity index (χ3v) is 1.77. The highest BCUT2D eigenvalue weighted by molar-refractivity contribution is 5.25. The number of ether oxygens (including phenoxy) is 1. The third kappa shape index (κ3) is 2.98. The van der Waals surface area contributed by atoms with Gasteiger partial charge in [0, 0.05) is 12.5 Å². The fourth-order valence-electron chi connectivity index (χ4n) is 1.15. The Hall–Kier alpha value is -1.12. The molecule has 0 aliphatic heterocycles. The van der Waals surface area contributed by atoms with E-state index in [0.717, 1.165) is 12.5 Å². The molecule has 0 aromatic heterocycles. The Labute approximate surface area is 82.7 Å². The van der Waals surface area contributed by atoms with Crippen molar-refractivity contribution in [2.75, 3.05) is 0 Å². The summed E-state index contributed by atoms with van der Waals surface area (Å²) in [7, 11) is 0. The van der Waals surface area contributed by atoms with Crippen LogP contribution in [0.3, 0.4) is 0 Å². The van der Waals surface area contributed by atoms with E-state index in [2.05, 4.69) is 0 Å². The third-order valence-electron chi connectivity index (χ3n) is 1.77. The van der Waals surface area contributed by atoms with Gasteiger partial charge in [0.05, 0.1) is 6.10 Å². The molecule has 0 spiro atoms. The van der Waals surface area contributed by atoms with Crippen molar-refractivity contribution in [2.45, 2.75) is 26.4 Å². The minimum atomic E-state index is -0.665. The van der Waals surface area contributed by atoms with Crippen molar-refractivity contribution in [3.05, 3.63) is 36.3 Å². The molecular weight excluding hydrogens is 186 g/mol. The van der Waals surface area contributed by atoms with Crippen LogP contribution in [0, 0.1) is 18.1 Å². The quantitative estimate of drug-likeness (QED) is 0.722. The lowest BCUT2D eigenvalue weighted by atomic mass is 10.2. The minimum Gasteiger partial charge on any atom is -0.487 e. The zero-order valence-electron chi connectivity index (χ0n) is 8.26. The van der Waals surface area contributed by atoms with Crippen LogP contribution in [0.15, 0.2) is 18.2 Å². The Balaban J connectivity index is 2.67. The fraction of sp³-hybridized carbons (Fsp3) is 0.364. The Kier molecular flexibility index (Phi) is 3.86. The standard InChI is InChI=1S/C11H13F2O/c1-3-4-8(2)14-11-6-5-9(12)7-10(11)13/h4-8H,3H2,1-2H3. The highest BCUT2D eigenvalue weighted by Crippen LogP contribution is 2.19. The molecular formula is C11H13F2O. The molecule has 1 nitrogen and oxygen atoms in total. The van der Waals surface area contributed by atoms with Crippen LogP contribution in [-0.2, 0) is 0 Å². The molecule has 0 fully saturated rings. The van der Waals surface area contributed by atoms with E-state index in [9.17, 15) is 8.78 Å². The van der Waals surface area contributed by atoms with Crippen molar-refractivity contribution < 1.29 is 13.5 Å². The van der Waals surface area contributed by atoms with Gasteiger partial charge in [-0.1, -0.05) is 6.92 Å². The van der Waals surface area contributed by atoms with E-state index in [1.807, 2.05) is 20.3 Å². The maximum atomic E-state index is 13.1. The second-order valence-corrected chi connectivity index (χ2v) is 3.04. The molecule has 1 rings (SSSR count). The molecule has 1 aromatic carbocycles. The van der Waals surface area contributed by atoms with Crippen molar-refractivity contribution in [2.24, 2.45) is 0 Å². The van der Waals surface area contributed by atoms with Crippen LogP contribution >= 0.6 is 0 Å². The summed E-state index contributed by atoms with van der Waals surface area (Å²) >= 11 is 0. The first-order valence-electron chi connectivity index (χ1n) is 4.58. The average Bonchev–Trinajstić information content (AvgIpc) is 2.10. The number of halogens is 2. The molecule has 0 aliphatic rings. The van der Waals surface area contributed by atoms with Crippen LogP contribution in [0.2, 0.25) is 0 Å². The molecule has 1 atom stereocenters. The molecule has 77 valence electrons. The summed E-state index contributed by atoms with van der Waals surface area (Å²) in [6, 6.07) is 3.29. The molecule has 0 saturated carbocycles. The normalized spacial score (nSPS) is 12.6. The first kappa shape index (κ1) is 11.0. The van der Waals surface area contributed by atoms with Gasteiger partial charge < -0.3 is 4.74 Å². The topological polar surface area (TPSA) is 9.23 Å². The van der Waals surface area contributed by atoms with Gasteiger partial charge in [-0.15, -0.1) is 0 Å². The van der Waals surface area contributed by atoms with Crippen LogP contribution in [0.1, 0.15) is 20.3 Å². The summed E-state index contributed by atoms with van der Waals surface area (Å²) in [5.41, 5.74) is 0. The summed E-state index contributed by atoms with van der Waals surface area (Å²) in [6.45, 7) is 3.78. The number of benzene rings is 1. The first-order valence-corrected chi connectivity index (χ1v) is 4.58. The zero-order chi connectivity index (χ0) is 10.6. The van der Waals surface area contributed by atoms with Gasteiger partial charge in [-0.2, -0.15) is 0 Å².